The van der Waals surface area contributed by atoms with E-state index in [1.807, 2.05) is 26.0 Å². The third-order valence-electron chi connectivity index (χ3n) is 3.44. The number of nitrogens with one attached hydrogen (secondary N) is 2. The Labute approximate surface area is 139 Å². The summed E-state index contributed by atoms with van der Waals surface area (Å²) in [5.74, 6) is -1.60. The molecule has 0 heterocycles. The Kier molecular flexibility index (Phi) is 5.52. The summed E-state index contributed by atoms with van der Waals surface area (Å²) in [5.41, 5.74) is 6.91. The van der Waals surface area contributed by atoms with Crippen LogP contribution < -0.4 is 15.6 Å². The quantitative estimate of drug-likeness (QED) is 0.847. The Hall–Kier alpha value is -2.89. The number of hydrogen-bond acceptors (Lipinski definition) is 3. The Bertz CT molecular complexity index is 762. The van der Waals surface area contributed by atoms with Gasteiger partial charge in [0, 0.05) is 5.56 Å². The van der Waals surface area contributed by atoms with Crippen LogP contribution in [0.5, 0.6) is 5.75 Å². The molecule has 0 aliphatic rings. The van der Waals surface area contributed by atoms with Gasteiger partial charge < -0.3 is 4.74 Å². The molecule has 126 valence electrons. The number of rotatable bonds is 4. The van der Waals surface area contributed by atoms with Crippen molar-refractivity contribution in [3.8, 4) is 5.75 Å². The van der Waals surface area contributed by atoms with Crippen LogP contribution in [0.25, 0.3) is 0 Å². The van der Waals surface area contributed by atoms with Crippen LogP contribution in [0.4, 0.5) is 4.39 Å². The van der Waals surface area contributed by atoms with Crippen molar-refractivity contribution < 1.29 is 18.7 Å². The molecule has 2 N–H and O–H groups in total. The first kappa shape index (κ1) is 17.5. The van der Waals surface area contributed by atoms with Crippen LogP contribution in [0.3, 0.4) is 0 Å². The van der Waals surface area contributed by atoms with E-state index in [2.05, 4.69) is 10.9 Å². The molecule has 0 radical (unpaired) electrons. The summed E-state index contributed by atoms with van der Waals surface area (Å²) in [5, 5.41) is 0. The summed E-state index contributed by atoms with van der Waals surface area (Å²) in [6.07, 6.45) is -0.971. The Morgan fingerprint density at radius 3 is 2.46 bits per heavy atom. The highest BCUT2D eigenvalue weighted by Gasteiger charge is 2.17. The van der Waals surface area contributed by atoms with Crippen LogP contribution in [0.15, 0.2) is 42.5 Å². The molecule has 0 aromatic heterocycles. The molecule has 0 spiro atoms. The second-order valence-corrected chi connectivity index (χ2v) is 5.45. The summed E-state index contributed by atoms with van der Waals surface area (Å²) in [6, 6.07) is 11.2. The average Bonchev–Trinajstić information content (AvgIpc) is 2.54. The molecule has 24 heavy (non-hydrogen) atoms. The van der Waals surface area contributed by atoms with Gasteiger partial charge >= 0.3 is 0 Å². The van der Waals surface area contributed by atoms with E-state index in [4.69, 9.17) is 4.74 Å². The SMILES string of the molecule is Cc1ccc(C(=O)NNC(=O)C(C)Oc2ccccc2F)c(C)c1. The molecule has 5 nitrogen and oxygen atoms in total. The number of aryl methyl sites for hydroxylation is 2. The fourth-order valence-electron chi connectivity index (χ4n) is 2.14. The van der Waals surface area contributed by atoms with Gasteiger partial charge in [-0.1, -0.05) is 29.8 Å². The summed E-state index contributed by atoms with van der Waals surface area (Å²) in [7, 11) is 0. The molecule has 0 saturated carbocycles. The van der Waals surface area contributed by atoms with Crippen LogP contribution in [0.2, 0.25) is 0 Å². The second kappa shape index (κ2) is 7.59. The normalized spacial score (nSPS) is 11.5. The highest BCUT2D eigenvalue weighted by atomic mass is 19.1. The van der Waals surface area contributed by atoms with Crippen molar-refractivity contribution in [3.05, 3.63) is 65.0 Å². The van der Waals surface area contributed by atoms with E-state index in [9.17, 15) is 14.0 Å². The molecule has 1 atom stereocenters. The summed E-state index contributed by atoms with van der Waals surface area (Å²) < 4.78 is 18.7. The predicted octanol–water partition coefficient (Wildman–Crippen LogP) is 2.67. The first-order valence-corrected chi connectivity index (χ1v) is 7.47. The van der Waals surface area contributed by atoms with Crippen LogP contribution in [0.1, 0.15) is 28.4 Å². The van der Waals surface area contributed by atoms with Gasteiger partial charge in [0.15, 0.2) is 17.7 Å². The van der Waals surface area contributed by atoms with Crippen molar-refractivity contribution in [1.82, 2.24) is 10.9 Å². The minimum Gasteiger partial charge on any atom is -0.478 e. The molecule has 2 aromatic rings. The van der Waals surface area contributed by atoms with Crippen molar-refractivity contribution in [2.24, 2.45) is 0 Å². The lowest BCUT2D eigenvalue weighted by Gasteiger charge is -2.16. The molecule has 2 rings (SSSR count). The number of ether oxygens (including phenoxy) is 1. The lowest BCUT2D eigenvalue weighted by molar-refractivity contribution is -0.128. The molecular weight excluding hydrogens is 311 g/mol. The van der Waals surface area contributed by atoms with Gasteiger partial charge in [-0.3, -0.25) is 20.4 Å². The third kappa shape index (κ3) is 4.32. The fraction of sp³-hybridized carbons (Fsp3) is 0.222. The van der Waals surface area contributed by atoms with E-state index in [0.717, 1.165) is 11.1 Å². The van der Waals surface area contributed by atoms with Crippen molar-refractivity contribution in [2.45, 2.75) is 26.9 Å². The van der Waals surface area contributed by atoms with E-state index in [1.54, 1.807) is 12.1 Å². The lowest BCUT2D eigenvalue weighted by Crippen LogP contribution is -2.47. The first-order chi connectivity index (χ1) is 11.4. The van der Waals surface area contributed by atoms with Gasteiger partial charge in [0.1, 0.15) is 0 Å². The number of para-hydroxylation sites is 1. The molecule has 2 aromatic carbocycles. The molecule has 0 aliphatic heterocycles. The number of amides is 2. The highest BCUT2D eigenvalue weighted by molar-refractivity contribution is 5.97. The van der Waals surface area contributed by atoms with Crippen molar-refractivity contribution in [3.63, 3.8) is 0 Å². The van der Waals surface area contributed by atoms with Crippen LogP contribution in [-0.2, 0) is 4.79 Å². The molecule has 0 aliphatic carbocycles. The van der Waals surface area contributed by atoms with Gasteiger partial charge in [-0.05, 0) is 44.5 Å². The standard InChI is InChI=1S/C18H19FN2O3/c1-11-8-9-14(12(2)10-11)18(23)21-20-17(22)13(3)24-16-7-5-4-6-15(16)19/h4-10,13H,1-3H3,(H,20,22)(H,21,23). The van der Waals surface area contributed by atoms with Gasteiger partial charge in [0.2, 0.25) is 0 Å². The molecule has 0 fully saturated rings. The van der Waals surface area contributed by atoms with Crippen LogP contribution in [0, 0.1) is 19.7 Å². The maximum Gasteiger partial charge on any atom is 0.279 e. The zero-order valence-electron chi connectivity index (χ0n) is 13.7. The third-order valence-corrected chi connectivity index (χ3v) is 3.44. The van der Waals surface area contributed by atoms with Crippen LogP contribution in [-0.4, -0.2) is 17.9 Å². The summed E-state index contributed by atoms with van der Waals surface area (Å²) in [4.78, 5) is 24.0. The minimum absolute atomic E-state index is 0.0270. The predicted molar refractivity (Wildman–Crippen MR) is 88.0 cm³/mol. The monoisotopic (exact) mass is 330 g/mol. The van der Waals surface area contributed by atoms with Crippen LogP contribution >= 0.6 is 0 Å². The van der Waals surface area contributed by atoms with Gasteiger partial charge in [0.05, 0.1) is 0 Å². The summed E-state index contributed by atoms with van der Waals surface area (Å²) in [6.45, 7) is 5.21. The van der Waals surface area contributed by atoms with Gasteiger partial charge in [-0.2, -0.15) is 0 Å². The molecular formula is C18H19FN2O3. The Morgan fingerprint density at radius 1 is 1.08 bits per heavy atom. The molecule has 6 heteroatoms. The van der Waals surface area contributed by atoms with E-state index in [1.165, 1.54) is 25.1 Å². The molecule has 2 amide bonds. The topological polar surface area (TPSA) is 67.4 Å². The zero-order valence-corrected chi connectivity index (χ0v) is 13.7. The summed E-state index contributed by atoms with van der Waals surface area (Å²) >= 11 is 0. The van der Waals surface area contributed by atoms with Crippen molar-refractivity contribution in [1.29, 1.82) is 0 Å². The number of hydrogen-bond donors (Lipinski definition) is 2. The zero-order chi connectivity index (χ0) is 17.7. The number of benzene rings is 2. The maximum absolute atomic E-state index is 13.5. The lowest BCUT2D eigenvalue weighted by atomic mass is 10.1. The molecule has 0 bridgehead atoms. The largest absolute Gasteiger partial charge is 0.478 e. The number of halogens is 1. The Balaban J connectivity index is 1.92. The number of carbonyl (C=O) groups excluding carboxylic acids is 2. The van der Waals surface area contributed by atoms with E-state index in [0.29, 0.717) is 5.56 Å². The smallest absolute Gasteiger partial charge is 0.279 e. The number of hydrazine groups is 1. The fourth-order valence-corrected chi connectivity index (χ4v) is 2.14. The average molecular weight is 330 g/mol. The second-order valence-electron chi connectivity index (χ2n) is 5.45. The van der Waals surface area contributed by atoms with E-state index < -0.39 is 23.7 Å². The maximum atomic E-state index is 13.5. The number of carbonyl (C=O) groups is 2. The Morgan fingerprint density at radius 2 is 1.79 bits per heavy atom. The van der Waals surface area contributed by atoms with E-state index >= 15 is 0 Å². The molecule has 1 unspecified atom stereocenters. The first-order valence-electron chi connectivity index (χ1n) is 7.47. The van der Waals surface area contributed by atoms with Crippen molar-refractivity contribution in [2.75, 3.05) is 0 Å². The van der Waals surface area contributed by atoms with Gasteiger partial charge in [-0.15, -0.1) is 0 Å². The van der Waals surface area contributed by atoms with Gasteiger partial charge in [0.25, 0.3) is 11.8 Å². The minimum atomic E-state index is -0.971. The highest BCUT2D eigenvalue weighted by Crippen LogP contribution is 2.17. The van der Waals surface area contributed by atoms with Crippen molar-refractivity contribution >= 4 is 11.8 Å². The van der Waals surface area contributed by atoms with E-state index in [-0.39, 0.29) is 5.75 Å². The van der Waals surface area contributed by atoms with Gasteiger partial charge in [-0.25, -0.2) is 4.39 Å². The molecule has 0 saturated heterocycles.